The largest absolute Gasteiger partial charge is 0.462 e. The summed E-state index contributed by atoms with van der Waals surface area (Å²) in [4.78, 5) is 24.2. The van der Waals surface area contributed by atoms with E-state index in [-0.39, 0.29) is 11.9 Å². The third-order valence-electron chi connectivity index (χ3n) is 2.54. The fourth-order valence-electron chi connectivity index (χ4n) is 1.58. The zero-order valence-electron chi connectivity index (χ0n) is 9.10. The molecule has 1 aromatic rings. The fraction of sp³-hybridized carbons (Fsp3) is 0.333. The predicted molar refractivity (Wildman–Crippen MR) is 59.4 cm³/mol. The lowest BCUT2D eigenvalue weighted by Crippen LogP contribution is -2.43. The number of anilines is 1. The molecule has 1 heterocycles. The van der Waals surface area contributed by atoms with Crippen molar-refractivity contribution in [3.63, 3.8) is 0 Å². The highest BCUT2D eigenvalue weighted by Crippen LogP contribution is 2.22. The summed E-state index contributed by atoms with van der Waals surface area (Å²) in [6.07, 6.45) is 0.611. The summed E-state index contributed by atoms with van der Waals surface area (Å²) < 4.78 is 4.87. The summed E-state index contributed by atoms with van der Waals surface area (Å²) in [5.41, 5.74) is 1.35. The maximum atomic E-state index is 11.4. The van der Waals surface area contributed by atoms with Crippen molar-refractivity contribution in [1.29, 1.82) is 0 Å². The first-order valence-electron chi connectivity index (χ1n) is 5.30. The van der Waals surface area contributed by atoms with Crippen LogP contribution in [0.5, 0.6) is 0 Å². The Morgan fingerprint density at radius 1 is 1.38 bits per heavy atom. The van der Waals surface area contributed by atoms with Gasteiger partial charge in [-0.1, -0.05) is 0 Å². The first-order valence-corrected chi connectivity index (χ1v) is 5.30. The van der Waals surface area contributed by atoms with Crippen LogP contribution in [0.15, 0.2) is 24.3 Å². The van der Waals surface area contributed by atoms with Crippen molar-refractivity contribution >= 4 is 17.6 Å². The van der Waals surface area contributed by atoms with E-state index in [0.717, 1.165) is 12.2 Å². The lowest BCUT2D eigenvalue weighted by molar-refractivity contribution is -0.122. The quantitative estimate of drug-likeness (QED) is 0.573. The third-order valence-corrected chi connectivity index (χ3v) is 2.54. The van der Waals surface area contributed by atoms with E-state index in [0.29, 0.717) is 18.6 Å². The Balaban J connectivity index is 2.10. The highest BCUT2D eigenvalue weighted by molar-refractivity contribution is 5.99. The van der Waals surface area contributed by atoms with Crippen LogP contribution >= 0.6 is 0 Å². The third kappa shape index (κ3) is 1.91. The second-order valence-electron chi connectivity index (χ2n) is 3.56. The van der Waals surface area contributed by atoms with E-state index >= 15 is 0 Å². The maximum Gasteiger partial charge on any atom is 0.338 e. The highest BCUT2D eigenvalue weighted by atomic mass is 16.5. The average Bonchev–Trinajstić information content (AvgIpc) is 2.28. The van der Waals surface area contributed by atoms with Crippen LogP contribution in [0.25, 0.3) is 0 Å². The lowest BCUT2D eigenvalue weighted by atomic mass is 10.1. The van der Waals surface area contributed by atoms with Gasteiger partial charge in [0.05, 0.1) is 12.2 Å². The maximum absolute atomic E-state index is 11.4. The molecule has 0 radical (unpaired) electrons. The molecule has 1 amide bonds. The number of carbonyl (C=O) groups excluding carboxylic acids is 2. The molecule has 1 saturated heterocycles. The van der Waals surface area contributed by atoms with Crippen LogP contribution in [0.1, 0.15) is 23.7 Å². The number of hydrogen-bond acceptors (Lipinski definition) is 3. The summed E-state index contributed by atoms with van der Waals surface area (Å²) in [6, 6.07) is 6.89. The van der Waals surface area contributed by atoms with Gasteiger partial charge in [-0.3, -0.25) is 4.79 Å². The van der Waals surface area contributed by atoms with Gasteiger partial charge in [0.2, 0.25) is 5.91 Å². The van der Waals surface area contributed by atoms with Crippen molar-refractivity contribution in [1.82, 2.24) is 0 Å². The number of ether oxygens (including phenoxy) is 1. The Labute approximate surface area is 93.8 Å². The molecule has 0 atom stereocenters. The van der Waals surface area contributed by atoms with Gasteiger partial charge in [0.1, 0.15) is 0 Å². The number of esters is 1. The molecule has 0 aliphatic carbocycles. The predicted octanol–water partition coefficient (Wildman–Crippen LogP) is 1.60. The van der Waals surface area contributed by atoms with Crippen molar-refractivity contribution in [3.05, 3.63) is 29.8 Å². The van der Waals surface area contributed by atoms with E-state index in [1.165, 1.54) is 0 Å². The van der Waals surface area contributed by atoms with Crippen LogP contribution in [0.4, 0.5) is 5.69 Å². The smallest absolute Gasteiger partial charge is 0.338 e. The molecule has 0 unspecified atom stereocenters. The molecule has 1 aliphatic rings. The SMILES string of the molecule is CCOC(=O)c1ccc(N2CCC2=O)cc1. The summed E-state index contributed by atoms with van der Waals surface area (Å²) in [5.74, 6) is -0.201. The number of nitrogens with zero attached hydrogens (tertiary/aromatic N) is 1. The average molecular weight is 219 g/mol. The van der Waals surface area contributed by atoms with E-state index in [2.05, 4.69) is 0 Å². The molecule has 0 N–H and O–H groups in total. The van der Waals surface area contributed by atoms with Crippen molar-refractivity contribution < 1.29 is 14.3 Å². The van der Waals surface area contributed by atoms with E-state index in [4.69, 9.17) is 4.74 Å². The molecule has 84 valence electrons. The first kappa shape index (κ1) is 10.7. The topological polar surface area (TPSA) is 46.6 Å². The van der Waals surface area contributed by atoms with E-state index < -0.39 is 0 Å². The molecule has 4 heteroatoms. The molecule has 1 aliphatic heterocycles. The van der Waals surface area contributed by atoms with Crippen LogP contribution in [0.3, 0.4) is 0 Å². The molecular formula is C12H13NO3. The first-order chi connectivity index (χ1) is 7.72. The van der Waals surface area contributed by atoms with Crippen molar-refractivity contribution in [2.45, 2.75) is 13.3 Å². The molecule has 4 nitrogen and oxygen atoms in total. The monoisotopic (exact) mass is 219 g/mol. The van der Waals surface area contributed by atoms with Gasteiger partial charge in [0.15, 0.2) is 0 Å². The van der Waals surface area contributed by atoms with Gasteiger partial charge in [-0.05, 0) is 31.2 Å². The Hall–Kier alpha value is -1.84. The molecule has 0 bridgehead atoms. The summed E-state index contributed by atoms with van der Waals surface area (Å²) in [6.45, 7) is 2.90. The van der Waals surface area contributed by atoms with Gasteiger partial charge in [-0.2, -0.15) is 0 Å². The Morgan fingerprint density at radius 2 is 2.06 bits per heavy atom. The Morgan fingerprint density at radius 3 is 2.50 bits per heavy atom. The number of amides is 1. The molecular weight excluding hydrogens is 206 g/mol. The van der Waals surface area contributed by atoms with E-state index in [1.54, 1.807) is 36.1 Å². The number of β-lactam (4-membered cyclic amide) rings is 1. The molecule has 1 aromatic carbocycles. The lowest BCUT2D eigenvalue weighted by Gasteiger charge is -2.30. The van der Waals surface area contributed by atoms with Crippen molar-refractivity contribution in [2.75, 3.05) is 18.1 Å². The van der Waals surface area contributed by atoms with Gasteiger partial charge in [-0.25, -0.2) is 4.79 Å². The van der Waals surface area contributed by atoms with E-state index in [9.17, 15) is 9.59 Å². The minimum Gasteiger partial charge on any atom is -0.462 e. The summed E-state index contributed by atoms with van der Waals surface area (Å²) >= 11 is 0. The molecule has 16 heavy (non-hydrogen) atoms. The number of rotatable bonds is 3. The second-order valence-corrected chi connectivity index (χ2v) is 3.56. The molecule has 0 spiro atoms. The van der Waals surface area contributed by atoms with Crippen LogP contribution < -0.4 is 4.90 Å². The number of carbonyl (C=O) groups is 2. The normalized spacial score (nSPS) is 14.6. The fourth-order valence-corrected chi connectivity index (χ4v) is 1.58. The standard InChI is InChI=1S/C12H13NO3/c1-2-16-12(15)9-3-5-10(6-4-9)13-8-7-11(13)14/h3-6H,2,7-8H2,1H3. The number of hydrogen-bond donors (Lipinski definition) is 0. The second kappa shape index (κ2) is 4.35. The molecule has 2 rings (SSSR count). The Bertz CT molecular complexity index is 411. The molecule has 0 saturated carbocycles. The summed E-state index contributed by atoms with van der Waals surface area (Å²) in [7, 11) is 0. The molecule has 0 aromatic heterocycles. The van der Waals surface area contributed by atoms with Crippen molar-refractivity contribution in [3.8, 4) is 0 Å². The number of benzene rings is 1. The van der Waals surface area contributed by atoms with E-state index in [1.807, 2.05) is 0 Å². The van der Waals surface area contributed by atoms with Crippen LogP contribution in [-0.2, 0) is 9.53 Å². The minimum absolute atomic E-state index is 0.129. The summed E-state index contributed by atoms with van der Waals surface area (Å²) in [5, 5.41) is 0. The van der Waals surface area contributed by atoms with Gasteiger partial charge in [0, 0.05) is 18.7 Å². The van der Waals surface area contributed by atoms with Crippen LogP contribution in [0, 0.1) is 0 Å². The van der Waals surface area contributed by atoms with Gasteiger partial charge < -0.3 is 9.64 Å². The van der Waals surface area contributed by atoms with Gasteiger partial charge in [-0.15, -0.1) is 0 Å². The van der Waals surface area contributed by atoms with Gasteiger partial charge >= 0.3 is 5.97 Å². The zero-order valence-corrected chi connectivity index (χ0v) is 9.10. The minimum atomic E-state index is -0.330. The Kier molecular flexibility index (Phi) is 2.90. The van der Waals surface area contributed by atoms with Crippen LogP contribution in [0.2, 0.25) is 0 Å². The highest BCUT2D eigenvalue weighted by Gasteiger charge is 2.25. The van der Waals surface area contributed by atoms with Gasteiger partial charge in [0.25, 0.3) is 0 Å². The molecule has 1 fully saturated rings. The van der Waals surface area contributed by atoms with Crippen LogP contribution in [-0.4, -0.2) is 25.0 Å². The zero-order chi connectivity index (χ0) is 11.5. The van der Waals surface area contributed by atoms with Crippen molar-refractivity contribution in [2.24, 2.45) is 0 Å².